The standard InChI is InChI=1S/C25H27FN4O/c26-20-9-3-5-17(15-20)12-14-29-25-21(10-11-22(30-25)18-6-1-2-7-18)23(24(27)31)19-8-4-13-28-16-19/h3-5,8-11,13,15-16,18,23H,1-2,6-7,12,14H2,(H2,27,31)(H,29,30). The van der Waals surface area contributed by atoms with Gasteiger partial charge in [0.05, 0.1) is 5.92 Å². The lowest BCUT2D eigenvalue weighted by atomic mass is 9.91. The smallest absolute Gasteiger partial charge is 0.229 e. The average molecular weight is 419 g/mol. The van der Waals surface area contributed by atoms with Crippen molar-refractivity contribution in [3.8, 4) is 0 Å². The highest BCUT2D eigenvalue weighted by molar-refractivity contribution is 5.87. The second-order valence-electron chi connectivity index (χ2n) is 8.08. The van der Waals surface area contributed by atoms with E-state index >= 15 is 0 Å². The third-order valence-electron chi connectivity index (χ3n) is 5.93. The molecule has 1 fully saturated rings. The summed E-state index contributed by atoms with van der Waals surface area (Å²) in [5, 5.41) is 3.39. The van der Waals surface area contributed by atoms with E-state index in [4.69, 9.17) is 10.7 Å². The van der Waals surface area contributed by atoms with Gasteiger partial charge in [0.2, 0.25) is 5.91 Å². The molecule has 1 aliphatic rings. The molecule has 0 aliphatic heterocycles. The Bertz CT molecular complexity index is 1030. The van der Waals surface area contributed by atoms with E-state index in [1.807, 2.05) is 24.3 Å². The molecule has 3 N–H and O–H groups in total. The highest BCUT2D eigenvalue weighted by Crippen LogP contribution is 2.36. The topological polar surface area (TPSA) is 80.9 Å². The van der Waals surface area contributed by atoms with Crippen LogP contribution in [0.3, 0.4) is 0 Å². The van der Waals surface area contributed by atoms with E-state index < -0.39 is 11.8 Å². The van der Waals surface area contributed by atoms with E-state index in [2.05, 4.69) is 10.3 Å². The number of nitrogens with zero attached hydrogens (tertiary/aromatic N) is 2. The number of benzene rings is 1. The zero-order valence-corrected chi connectivity index (χ0v) is 17.4. The third-order valence-corrected chi connectivity index (χ3v) is 5.93. The van der Waals surface area contributed by atoms with E-state index in [0.29, 0.717) is 24.7 Å². The van der Waals surface area contributed by atoms with Crippen molar-refractivity contribution in [2.45, 2.75) is 43.9 Å². The summed E-state index contributed by atoms with van der Waals surface area (Å²) in [5.41, 5.74) is 9.22. The molecular weight excluding hydrogens is 391 g/mol. The van der Waals surface area contributed by atoms with Gasteiger partial charge in [0.1, 0.15) is 11.6 Å². The highest BCUT2D eigenvalue weighted by Gasteiger charge is 2.26. The number of nitrogens with one attached hydrogen (secondary N) is 1. The number of aromatic nitrogens is 2. The Morgan fingerprint density at radius 1 is 1.16 bits per heavy atom. The molecule has 1 saturated carbocycles. The summed E-state index contributed by atoms with van der Waals surface area (Å²) in [6.45, 7) is 0.566. The van der Waals surface area contributed by atoms with Crippen molar-refractivity contribution in [2.24, 2.45) is 5.73 Å². The summed E-state index contributed by atoms with van der Waals surface area (Å²) < 4.78 is 13.5. The number of amides is 1. The van der Waals surface area contributed by atoms with Gasteiger partial charge in [-0.25, -0.2) is 9.37 Å². The van der Waals surface area contributed by atoms with Gasteiger partial charge in [-0.15, -0.1) is 0 Å². The van der Waals surface area contributed by atoms with Crippen molar-refractivity contribution >= 4 is 11.7 Å². The van der Waals surface area contributed by atoms with Gasteiger partial charge >= 0.3 is 0 Å². The van der Waals surface area contributed by atoms with Crippen LogP contribution in [0.5, 0.6) is 0 Å². The van der Waals surface area contributed by atoms with E-state index in [0.717, 1.165) is 35.2 Å². The van der Waals surface area contributed by atoms with Crippen molar-refractivity contribution in [3.05, 3.63) is 89.1 Å². The van der Waals surface area contributed by atoms with Crippen LogP contribution in [-0.4, -0.2) is 22.4 Å². The average Bonchev–Trinajstić information content (AvgIpc) is 3.30. The number of hydrogen-bond donors (Lipinski definition) is 2. The molecule has 1 aromatic carbocycles. The molecule has 1 aliphatic carbocycles. The lowest BCUT2D eigenvalue weighted by Gasteiger charge is -2.20. The fourth-order valence-electron chi connectivity index (χ4n) is 4.37. The van der Waals surface area contributed by atoms with E-state index in [1.54, 1.807) is 24.5 Å². The number of rotatable bonds is 8. The number of hydrogen-bond acceptors (Lipinski definition) is 4. The molecule has 6 heteroatoms. The zero-order chi connectivity index (χ0) is 21.6. The monoisotopic (exact) mass is 418 g/mol. The first-order chi connectivity index (χ1) is 15.1. The minimum absolute atomic E-state index is 0.245. The molecule has 3 aromatic rings. The number of nitrogens with two attached hydrogens (primary N) is 1. The number of carbonyl (C=O) groups excluding carboxylic acids is 1. The molecule has 0 spiro atoms. The molecule has 4 rings (SSSR count). The molecular formula is C25H27FN4O. The van der Waals surface area contributed by atoms with Gasteiger partial charge in [-0.2, -0.15) is 0 Å². The SMILES string of the molecule is NC(=O)C(c1cccnc1)c1ccc(C2CCCC2)nc1NCCc1cccc(F)c1. The molecule has 0 saturated heterocycles. The van der Waals surface area contributed by atoms with Gasteiger partial charge in [-0.3, -0.25) is 9.78 Å². The molecule has 0 bridgehead atoms. The van der Waals surface area contributed by atoms with Gasteiger partial charge < -0.3 is 11.1 Å². The number of anilines is 1. The van der Waals surface area contributed by atoms with Crippen molar-refractivity contribution in [2.75, 3.05) is 11.9 Å². The Morgan fingerprint density at radius 3 is 2.71 bits per heavy atom. The second-order valence-corrected chi connectivity index (χ2v) is 8.08. The van der Waals surface area contributed by atoms with E-state index in [9.17, 15) is 9.18 Å². The van der Waals surface area contributed by atoms with Gasteiger partial charge in [0.25, 0.3) is 0 Å². The maximum Gasteiger partial charge on any atom is 0.229 e. The largest absolute Gasteiger partial charge is 0.369 e. The second kappa shape index (κ2) is 9.69. The van der Waals surface area contributed by atoms with Gasteiger partial charge in [0.15, 0.2) is 0 Å². The lowest BCUT2D eigenvalue weighted by Crippen LogP contribution is -2.24. The van der Waals surface area contributed by atoms with Crippen LogP contribution >= 0.6 is 0 Å². The van der Waals surface area contributed by atoms with Crippen LogP contribution in [0.2, 0.25) is 0 Å². The highest BCUT2D eigenvalue weighted by atomic mass is 19.1. The number of halogens is 1. The maximum atomic E-state index is 13.5. The predicted molar refractivity (Wildman–Crippen MR) is 119 cm³/mol. The summed E-state index contributed by atoms with van der Waals surface area (Å²) in [4.78, 5) is 21.5. The van der Waals surface area contributed by atoms with Crippen LogP contribution in [0, 0.1) is 5.82 Å². The molecule has 5 nitrogen and oxygen atoms in total. The molecule has 160 valence electrons. The first-order valence-corrected chi connectivity index (χ1v) is 10.8. The van der Waals surface area contributed by atoms with Crippen molar-refractivity contribution in [1.82, 2.24) is 9.97 Å². The zero-order valence-electron chi connectivity index (χ0n) is 17.4. The summed E-state index contributed by atoms with van der Waals surface area (Å²) in [6.07, 6.45) is 8.68. The van der Waals surface area contributed by atoms with Crippen molar-refractivity contribution < 1.29 is 9.18 Å². The Kier molecular flexibility index (Phi) is 6.55. The van der Waals surface area contributed by atoms with Gasteiger partial charge in [-0.05, 0) is 54.7 Å². The molecule has 1 amide bonds. The Labute approximate surface area is 181 Å². The minimum Gasteiger partial charge on any atom is -0.369 e. The van der Waals surface area contributed by atoms with Crippen LogP contribution in [0.1, 0.15) is 59.9 Å². The first kappa shape index (κ1) is 21.0. The lowest BCUT2D eigenvalue weighted by molar-refractivity contribution is -0.118. The molecule has 1 unspecified atom stereocenters. The number of carbonyl (C=O) groups is 1. The van der Waals surface area contributed by atoms with Crippen LogP contribution < -0.4 is 11.1 Å². The molecule has 1 atom stereocenters. The van der Waals surface area contributed by atoms with Crippen LogP contribution in [0.4, 0.5) is 10.2 Å². The van der Waals surface area contributed by atoms with E-state index in [1.165, 1.54) is 25.0 Å². The Morgan fingerprint density at radius 2 is 2.00 bits per heavy atom. The minimum atomic E-state index is -0.643. The number of primary amides is 1. The fourth-order valence-corrected chi connectivity index (χ4v) is 4.37. The first-order valence-electron chi connectivity index (χ1n) is 10.8. The quantitative estimate of drug-likeness (QED) is 0.563. The summed E-state index contributed by atoms with van der Waals surface area (Å²) in [6, 6.07) is 14.2. The van der Waals surface area contributed by atoms with Crippen molar-refractivity contribution in [3.63, 3.8) is 0 Å². The summed E-state index contributed by atoms with van der Waals surface area (Å²) >= 11 is 0. The predicted octanol–water partition coefficient (Wildman–Crippen LogP) is 4.55. The van der Waals surface area contributed by atoms with Crippen LogP contribution in [-0.2, 0) is 11.2 Å². The summed E-state index contributed by atoms with van der Waals surface area (Å²) in [7, 11) is 0. The third kappa shape index (κ3) is 5.08. The number of pyridine rings is 2. The molecule has 0 radical (unpaired) electrons. The molecule has 2 aromatic heterocycles. The Balaban J connectivity index is 1.63. The normalized spacial score (nSPS) is 15.0. The van der Waals surface area contributed by atoms with Crippen LogP contribution in [0.15, 0.2) is 60.9 Å². The fraction of sp³-hybridized carbons (Fsp3) is 0.320. The van der Waals surface area contributed by atoms with E-state index in [-0.39, 0.29) is 5.82 Å². The van der Waals surface area contributed by atoms with Crippen LogP contribution in [0.25, 0.3) is 0 Å². The Hall–Kier alpha value is -3.28. The molecule has 2 heterocycles. The van der Waals surface area contributed by atoms with Gasteiger partial charge in [0, 0.05) is 36.1 Å². The van der Waals surface area contributed by atoms with Gasteiger partial charge in [-0.1, -0.05) is 37.1 Å². The molecule has 31 heavy (non-hydrogen) atoms. The maximum absolute atomic E-state index is 13.5. The summed E-state index contributed by atoms with van der Waals surface area (Å²) in [5.74, 6) is -0.228. The van der Waals surface area contributed by atoms with Crippen molar-refractivity contribution in [1.29, 1.82) is 0 Å².